The molecule has 176 valence electrons. The number of hydrogen-bond acceptors (Lipinski definition) is 3. The van der Waals surface area contributed by atoms with Gasteiger partial charge in [-0.05, 0) is 61.1 Å². The Hall–Kier alpha value is -1.50. The Morgan fingerprint density at radius 3 is 2.18 bits per heavy atom. The van der Waals surface area contributed by atoms with Crippen molar-refractivity contribution in [3.8, 4) is 0 Å². The Morgan fingerprint density at radius 2 is 1.61 bits per heavy atom. The molecule has 2 amide bonds. The first-order valence-electron chi connectivity index (χ1n) is 10.9. The first-order chi connectivity index (χ1) is 15.7. The lowest BCUT2D eigenvalue weighted by Gasteiger charge is -2.34. The molecule has 33 heavy (non-hydrogen) atoms. The van der Waals surface area contributed by atoms with E-state index in [4.69, 9.17) is 52.1 Å². The maximum absolute atomic E-state index is 13.5. The van der Waals surface area contributed by atoms with E-state index in [9.17, 15) is 9.59 Å². The van der Waals surface area contributed by atoms with Gasteiger partial charge in [0.15, 0.2) is 0 Å². The third kappa shape index (κ3) is 5.44. The van der Waals surface area contributed by atoms with E-state index in [1.807, 2.05) is 0 Å². The van der Waals surface area contributed by atoms with Gasteiger partial charge in [0.2, 0.25) is 11.8 Å². The van der Waals surface area contributed by atoms with Crippen LogP contribution in [0.15, 0.2) is 36.4 Å². The van der Waals surface area contributed by atoms with E-state index in [0.717, 1.165) is 24.0 Å². The maximum Gasteiger partial charge on any atom is 0.245 e. The second kappa shape index (κ2) is 10.0. The van der Waals surface area contributed by atoms with Crippen LogP contribution in [0.25, 0.3) is 0 Å². The van der Waals surface area contributed by atoms with E-state index in [1.54, 1.807) is 41.3 Å². The van der Waals surface area contributed by atoms with Crippen molar-refractivity contribution >= 4 is 58.2 Å². The number of carbonyl (C=O) groups is 2. The summed E-state index contributed by atoms with van der Waals surface area (Å²) in [6.45, 7) is 1.13. The maximum atomic E-state index is 13.5. The molecule has 0 spiro atoms. The van der Waals surface area contributed by atoms with E-state index in [1.165, 1.54) is 0 Å². The number of carbonyl (C=O) groups excluding carboxylic acids is 2. The summed E-state index contributed by atoms with van der Waals surface area (Å²) in [6, 6.07) is 9.62. The van der Waals surface area contributed by atoms with Gasteiger partial charge >= 0.3 is 0 Å². The minimum atomic E-state index is -0.769. The fourth-order valence-corrected chi connectivity index (χ4v) is 5.44. The number of benzene rings is 2. The zero-order valence-corrected chi connectivity index (χ0v) is 20.9. The Labute approximate surface area is 213 Å². The molecule has 2 aliphatic rings. The molecule has 0 unspecified atom stereocenters. The molecule has 2 fully saturated rings. The van der Waals surface area contributed by atoms with Crippen LogP contribution < -0.4 is 11.1 Å². The van der Waals surface area contributed by atoms with Gasteiger partial charge in [-0.1, -0.05) is 58.5 Å². The van der Waals surface area contributed by atoms with E-state index in [2.05, 4.69) is 5.32 Å². The third-order valence-corrected chi connectivity index (χ3v) is 7.66. The van der Waals surface area contributed by atoms with Gasteiger partial charge in [0, 0.05) is 45.6 Å². The Morgan fingerprint density at radius 1 is 1.00 bits per heavy atom. The van der Waals surface area contributed by atoms with Crippen molar-refractivity contribution in [1.82, 2.24) is 10.2 Å². The average molecular weight is 529 g/mol. The minimum Gasteiger partial charge on any atom is -0.343 e. The van der Waals surface area contributed by atoms with Crippen LogP contribution in [0.3, 0.4) is 0 Å². The van der Waals surface area contributed by atoms with E-state index in [0.29, 0.717) is 46.0 Å². The largest absolute Gasteiger partial charge is 0.343 e. The standard InChI is InChI=1S/C24H25Cl4N3O2/c25-15-2-1-14(19(27)12-15)11-21(22(32)31-9-5-17(29)6-10-31)30-23(33)24(7-8-24)18-4-3-16(26)13-20(18)28/h1-4,12-13,17,21H,5-11,29H2,(H,30,33)/t21-/m0/s1. The van der Waals surface area contributed by atoms with E-state index < -0.39 is 11.5 Å². The molecule has 1 aliphatic carbocycles. The summed E-state index contributed by atoms with van der Waals surface area (Å²) in [6.07, 6.45) is 3.03. The van der Waals surface area contributed by atoms with Gasteiger partial charge in [-0.2, -0.15) is 0 Å². The van der Waals surface area contributed by atoms with Gasteiger partial charge in [0.1, 0.15) is 6.04 Å². The van der Waals surface area contributed by atoms with Gasteiger partial charge in [-0.25, -0.2) is 0 Å². The van der Waals surface area contributed by atoms with Crippen LogP contribution in [0, 0.1) is 0 Å². The summed E-state index contributed by atoms with van der Waals surface area (Å²) in [4.78, 5) is 28.7. The third-order valence-electron chi connectivity index (χ3n) is 6.53. The highest BCUT2D eigenvalue weighted by atomic mass is 35.5. The normalized spacial score (nSPS) is 18.6. The molecule has 5 nitrogen and oxygen atoms in total. The van der Waals surface area contributed by atoms with E-state index >= 15 is 0 Å². The molecule has 3 N–H and O–H groups in total. The number of rotatable bonds is 6. The molecule has 1 atom stereocenters. The van der Waals surface area contributed by atoms with Gasteiger partial charge in [0.25, 0.3) is 0 Å². The van der Waals surface area contributed by atoms with Crippen molar-refractivity contribution < 1.29 is 9.59 Å². The van der Waals surface area contributed by atoms with Crippen LogP contribution in [0.2, 0.25) is 20.1 Å². The number of likely N-dealkylation sites (tertiary alicyclic amines) is 1. The predicted molar refractivity (Wildman–Crippen MR) is 133 cm³/mol. The fourth-order valence-electron chi connectivity index (χ4n) is 4.37. The van der Waals surface area contributed by atoms with Crippen molar-refractivity contribution in [1.29, 1.82) is 0 Å². The van der Waals surface area contributed by atoms with Crippen LogP contribution in [-0.2, 0) is 21.4 Å². The van der Waals surface area contributed by atoms with Crippen LogP contribution in [0.4, 0.5) is 0 Å². The summed E-state index contributed by atoms with van der Waals surface area (Å²) in [5.41, 5.74) is 6.72. The molecule has 1 aliphatic heterocycles. The molecular weight excluding hydrogens is 504 g/mol. The van der Waals surface area contributed by atoms with Gasteiger partial charge in [-0.15, -0.1) is 0 Å². The Balaban J connectivity index is 1.58. The van der Waals surface area contributed by atoms with Crippen molar-refractivity contribution in [3.05, 3.63) is 67.6 Å². The quantitative estimate of drug-likeness (QED) is 0.553. The summed E-state index contributed by atoms with van der Waals surface area (Å²) in [5, 5.41) is 4.93. The molecule has 0 bridgehead atoms. The van der Waals surface area contributed by atoms with Crippen molar-refractivity contribution in [2.75, 3.05) is 13.1 Å². The SMILES string of the molecule is NC1CCN(C(=O)[C@H](Cc2ccc(Cl)cc2Cl)NC(=O)C2(c3ccc(Cl)cc3Cl)CC2)CC1. The molecule has 2 aromatic carbocycles. The Bertz CT molecular complexity index is 1070. The molecular formula is C24H25Cl4N3O2. The molecule has 4 rings (SSSR count). The number of nitrogens with zero attached hydrogens (tertiary/aromatic N) is 1. The zero-order chi connectivity index (χ0) is 23.8. The van der Waals surface area contributed by atoms with Gasteiger partial charge in [0.05, 0.1) is 5.41 Å². The van der Waals surface area contributed by atoms with E-state index in [-0.39, 0.29) is 24.3 Å². The number of hydrogen-bond donors (Lipinski definition) is 2. The molecule has 0 radical (unpaired) electrons. The molecule has 9 heteroatoms. The first-order valence-corrected chi connectivity index (χ1v) is 12.5. The molecule has 2 aromatic rings. The average Bonchev–Trinajstić information content (AvgIpc) is 3.57. The van der Waals surface area contributed by atoms with Crippen molar-refractivity contribution in [3.63, 3.8) is 0 Å². The number of amides is 2. The second-order valence-corrected chi connectivity index (χ2v) is 10.5. The summed E-state index contributed by atoms with van der Waals surface area (Å²) in [5.74, 6) is -0.358. The van der Waals surface area contributed by atoms with Gasteiger partial charge < -0.3 is 16.0 Å². The zero-order valence-electron chi connectivity index (χ0n) is 17.9. The van der Waals surface area contributed by atoms with Crippen LogP contribution in [0.1, 0.15) is 36.8 Å². The van der Waals surface area contributed by atoms with Crippen LogP contribution in [-0.4, -0.2) is 41.9 Å². The minimum absolute atomic E-state index is 0.0922. The van der Waals surface area contributed by atoms with Crippen LogP contribution >= 0.6 is 46.4 Å². The lowest BCUT2D eigenvalue weighted by molar-refractivity contribution is -0.137. The number of nitrogens with two attached hydrogens (primary N) is 1. The molecule has 1 saturated carbocycles. The highest BCUT2D eigenvalue weighted by Gasteiger charge is 2.53. The topological polar surface area (TPSA) is 75.4 Å². The lowest BCUT2D eigenvalue weighted by Crippen LogP contribution is -2.54. The summed E-state index contributed by atoms with van der Waals surface area (Å²) >= 11 is 24.9. The highest BCUT2D eigenvalue weighted by molar-refractivity contribution is 6.35. The smallest absolute Gasteiger partial charge is 0.245 e. The van der Waals surface area contributed by atoms with Crippen molar-refractivity contribution in [2.45, 2.75) is 49.6 Å². The van der Waals surface area contributed by atoms with Gasteiger partial charge in [-0.3, -0.25) is 9.59 Å². The molecule has 1 saturated heterocycles. The predicted octanol–water partition coefficient (Wildman–Crippen LogP) is 5.01. The fraction of sp³-hybridized carbons (Fsp3) is 0.417. The number of nitrogens with one attached hydrogen (secondary N) is 1. The number of piperidine rings is 1. The molecule has 1 heterocycles. The lowest BCUT2D eigenvalue weighted by atomic mass is 9.93. The second-order valence-electron chi connectivity index (χ2n) is 8.83. The first kappa shape index (κ1) is 24.6. The van der Waals surface area contributed by atoms with Crippen LogP contribution in [0.5, 0.6) is 0 Å². The van der Waals surface area contributed by atoms with Crippen molar-refractivity contribution in [2.24, 2.45) is 5.73 Å². The number of halogens is 4. The summed E-state index contributed by atoms with van der Waals surface area (Å²) < 4.78 is 0. The molecule has 0 aromatic heterocycles. The Kier molecular flexibility index (Phi) is 7.47. The monoisotopic (exact) mass is 527 g/mol. The highest BCUT2D eigenvalue weighted by Crippen LogP contribution is 2.51. The summed E-state index contributed by atoms with van der Waals surface area (Å²) in [7, 11) is 0.